The van der Waals surface area contributed by atoms with Crippen LogP contribution in [0.5, 0.6) is 0 Å². The van der Waals surface area contributed by atoms with Gasteiger partial charge in [-0.1, -0.05) is 23.4 Å². The van der Waals surface area contributed by atoms with Crippen LogP contribution in [-0.2, 0) is 6.54 Å². The van der Waals surface area contributed by atoms with Crippen molar-refractivity contribution in [3.05, 3.63) is 52.2 Å². The topological polar surface area (TPSA) is 92.4 Å². The zero-order chi connectivity index (χ0) is 16.7. The first-order chi connectivity index (χ1) is 11.6. The minimum atomic E-state index is -0.988. The number of hydrogen-bond acceptors (Lipinski definition) is 5. The molecule has 1 amide bonds. The number of amides is 1. The van der Waals surface area contributed by atoms with Crippen molar-refractivity contribution in [3.63, 3.8) is 0 Å². The van der Waals surface area contributed by atoms with Crippen molar-refractivity contribution >= 4 is 33.3 Å². The Bertz CT molecular complexity index is 939. The fourth-order valence-electron chi connectivity index (χ4n) is 2.66. The standard InChI is InChI=1S/C17H14N2O4S/c20-16(12-7-13(23-19-12)9-5-6-9)18-8-11-10-3-1-2-4-14(10)24-15(11)17(21)22/h1-4,7,9H,5-6,8H2,(H,18,20)(H,21,22). The van der Waals surface area contributed by atoms with Crippen molar-refractivity contribution in [2.24, 2.45) is 0 Å². The first kappa shape index (κ1) is 14.9. The van der Waals surface area contributed by atoms with Gasteiger partial charge in [-0.25, -0.2) is 4.79 Å². The first-order valence-corrected chi connectivity index (χ1v) is 8.43. The predicted octanol–water partition coefficient (Wildman–Crippen LogP) is 3.39. The molecular weight excluding hydrogens is 328 g/mol. The molecule has 3 aromatic rings. The first-order valence-electron chi connectivity index (χ1n) is 7.62. The fourth-order valence-corrected chi connectivity index (χ4v) is 3.72. The number of carboxylic acids is 1. The summed E-state index contributed by atoms with van der Waals surface area (Å²) in [4.78, 5) is 23.9. The monoisotopic (exact) mass is 342 g/mol. The predicted molar refractivity (Wildman–Crippen MR) is 88.4 cm³/mol. The Balaban J connectivity index is 1.56. The summed E-state index contributed by atoms with van der Waals surface area (Å²) in [6.07, 6.45) is 2.14. The van der Waals surface area contributed by atoms with E-state index >= 15 is 0 Å². The summed E-state index contributed by atoms with van der Waals surface area (Å²) in [6.45, 7) is 0.135. The van der Waals surface area contributed by atoms with Crippen molar-refractivity contribution in [2.75, 3.05) is 0 Å². The highest BCUT2D eigenvalue weighted by Gasteiger charge is 2.29. The highest BCUT2D eigenvalue weighted by Crippen LogP contribution is 2.40. The van der Waals surface area contributed by atoms with Crippen molar-refractivity contribution in [1.29, 1.82) is 0 Å². The van der Waals surface area contributed by atoms with E-state index in [2.05, 4.69) is 10.5 Å². The molecule has 6 nitrogen and oxygen atoms in total. The number of rotatable bonds is 5. The van der Waals surface area contributed by atoms with Gasteiger partial charge in [0.15, 0.2) is 5.69 Å². The summed E-state index contributed by atoms with van der Waals surface area (Å²) in [5.41, 5.74) is 0.843. The molecule has 0 bridgehead atoms. The van der Waals surface area contributed by atoms with E-state index in [0.29, 0.717) is 11.5 Å². The average Bonchev–Trinajstić information content (AvgIpc) is 3.19. The van der Waals surface area contributed by atoms with E-state index in [9.17, 15) is 14.7 Å². The van der Waals surface area contributed by atoms with E-state index in [4.69, 9.17) is 4.52 Å². The van der Waals surface area contributed by atoms with Gasteiger partial charge < -0.3 is 14.9 Å². The smallest absolute Gasteiger partial charge is 0.346 e. The van der Waals surface area contributed by atoms with Gasteiger partial charge in [0.1, 0.15) is 10.6 Å². The number of aromatic carboxylic acids is 1. The van der Waals surface area contributed by atoms with Crippen LogP contribution in [0.3, 0.4) is 0 Å². The Morgan fingerprint density at radius 2 is 2.12 bits per heavy atom. The number of carboxylic acid groups (broad SMARTS) is 1. The van der Waals surface area contributed by atoms with E-state index in [1.807, 2.05) is 24.3 Å². The number of hydrogen-bond donors (Lipinski definition) is 2. The molecule has 0 aliphatic heterocycles. The number of nitrogens with zero attached hydrogens (tertiary/aromatic N) is 1. The van der Waals surface area contributed by atoms with Crippen molar-refractivity contribution < 1.29 is 19.2 Å². The molecule has 24 heavy (non-hydrogen) atoms. The summed E-state index contributed by atoms with van der Waals surface area (Å²) in [5, 5.41) is 16.8. The highest BCUT2D eigenvalue weighted by molar-refractivity contribution is 7.21. The third kappa shape index (κ3) is 2.67. The Morgan fingerprint density at radius 3 is 2.88 bits per heavy atom. The van der Waals surface area contributed by atoms with Gasteiger partial charge in [-0.15, -0.1) is 11.3 Å². The molecule has 122 valence electrons. The van der Waals surface area contributed by atoms with Gasteiger partial charge in [-0.3, -0.25) is 4.79 Å². The summed E-state index contributed by atoms with van der Waals surface area (Å²) >= 11 is 1.21. The number of benzene rings is 1. The van der Waals surface area contributed by atoms with Gasteiger partial charge in [-0.2, -0.15) is 0 Å². The number of thiophene rings is 1. The maximum atomic E-state index is 12.2. The second kappa shape index (κ2) is 5.76. The molecule has 2 N–H and O–H groups in total. The zero-order valence-electron chi connectivity index (χ0n) is 12.6. The Labute approximate surface area is 141 Å². The van der Waals surface area contributed by atoms with Gasteiger partial charge in [0.05, 0.1) is 0 Å². The van der Waals surface area contributed by atoms with E-state index < -0.39 is 5.97 Å². The summed E-state index contributed by atoms with van der Waals surface area (Å²) < 4.78 is 6.06. The summed E-state index contributed by atoms with van der Waals surface area (Å²) in [6, 6.07) is 9.11. The molecule has 0 radical (unpaired) electrons. The molecule has 2 heterocycles. The van der Waals surface area contributed by atoms with Gasteiger partial charge in [0.25, 0.3) is 5.91 Å². The second-order valence-corrected chi connectivity index (χ2v) is 6.83. The molecule has 0 atom stereocenters. The minimum absolute atomic E-state index is 0.135. The van der Waals surface area contributed by atoms with Crippen LogP contribution in [-0.4, -0.2) is 22.1 Å². The fraction of sp³-hybridized carbons (Fsp3) is 0.235. The van der Waals surface area contributed by atoms with Gasteiger partial charge in [0, 0.05) is 28.8 Å². The lowest BCUT2D eigenvalue weighted by molar-refractivity contribution is 0.0700. The summed E-state index contributed by atoms with van der Waals surface area (Å²) in [7, 11) is 0. The Hall–Kier alpha value is -2.67. The molecule has 2 aromatic heterocycles. The average molecular weight is 342 g/mol. The Morgan fingerprint density at radius 1 is 1.33 bits per heavy atom. The molecule has 0 spiro atoms. The maximum absolute atomic E-state index is 12.2. The van der Waals surface area contributed by atoms with Crippen LogP contribution in [0.25, 0.3) is 10.1 Å². The van der Waals surface area contributed by atoms with Gasteiger partial charge >= 0.3 is 5.97 Å². The number of carbonyl (C=O) groups excluding carboxylic acids is 1. The number of fused-ring (bicyclic) bond motifs is 1. The van der Waals surface area contributed by atoms with Crippen LogP contribution in [0.1, 0.15) is 50.2 Å². The number of nitrogens with one attached hydrogen (secondary N) is 1. The largest absolute Gasteiger partial charge is 0.477 e. The molecule has 4 rings (SSSR count). The third-order valence-electron chi connectivity index (χ3n) is 4.06. The van der Waals surface area contributed by atoms with Crippen molar-refractivity contribution in [3.8, 4) is 0 Å². The van der Waals surface area contributed by atoms with E-state index in [0.717, 1.165) is 28.7 Å². The lowest BCUT2D eigenvalue weighted by Gasteiger charge is -2.04. The molecule has 1 aromatic carbocycles. The molecule has 0 unspecified atom stereocenters. The van der Waals surface area contributed by atoms with E-state index in [1.54, 1.807) is 6.07 Å². The van der Waals surface area contributed by atoms with E-state index in [-0.39, 0.29) is 23.0 Å². The van der Waals surface area contributed by atoms with Crippen LogP contribution in [0, 0.1) is 0 Å². The van der Waals surface area contributed by atoms with E-state index in [1.165, 1.54) is 11.3 Å². The van der Waals surface area contributed by atoms with Crippen LogP contribution >= 0.6 is 11.3 Å². The summed E-state index contributed by atoms with van der Waals surface area (Å²) in [5.74, 6) is -0.221. The quantitative estimate of drug-likeness (QED) is 0.741. The molecule has 1 aliphatic rings. The zero-order valence-corrected chi connectivity index (χ0v) is 13.4. The van der Waals surface area contributed by atoms with Crippen LogP contribution < -0.4 is 5.32 Å². The van der Waals surface area contributed by atoms with Gasteiger partial charge in [-0.05, 0) is 24.3 Å². The third-order valence-corrected chi connectivity index (χ3v) is 5.26. The van der Waals surface area contributed by atoms with Gasteiger partial charge in [0.2, 0.25) is 0 Å². The van der Waals surface area contributed by atoms with Crippen LogP contribution in [0.4, 0.5) is 0 Å². The number of aromatic nitrogens is 1. The van der Waals surface area contributed by atoms with Crippen LogP contribution in [0.2, 0.25) is 0 Å². The second-order valence-electron chi connectivity index (χ2n) is 5.78. The SMILES string of the molecule is O=C(NCc1c(C(=O)O)sc2ccccc12)c1cc(C2CC2)on1. The Kier molecular flexibility index (Phi) is 3.57. The highest BCUT2D eigenvalue weighted by atomic mass is 32.1. The molecular formula is C17H14N2O4S. The van der Waals surface area contributed by atoms with Crippen molar-refractivity contribution in [1.82, 2.24) is 10.5 Å². The molecule has 1 aliphatic carbocycles. The number of carbonyl (C=O) groups is 2. The maximum Gasteiger partial charge on any atom is 0.346 e. The molecule has 7 heteroatoms. The molecule has 1 fully saturated rings. The van der Waals surface area contributed by atoms with Crippen molar-refractivity contribution in [2.45, 2.75) is 25.3 Å². The lowest BCUT2D eigenvalue weighted by Crippen LogP contribution is -2.23. The lowest BCUT2D eigenvalue weighted by atomic mass is 10.1. The van der Waals surface area contributed by atoms with Crippen LogP contribution in [0.15, 0.2) is 34.9 Å². The normalized spacial score (nSPS) is 14.0. The minimum Gasteiger partial charge on any atom is -0.477 e. The molecule has 0 saturated heterocycles. The molecule has 1 saturated carbocycles.